The van der Waals surface area contributed by atoms with Crippen molar-refractivity contribution < 1.29 is 9.13 Å². The van der Waals surface area contributed by atoms with Gasteiger partial charge in [-0.3, -0.25) is 0 Å². The first kappa shape index (κ1) is 16.0. The number of halogens is 2. The van der Waals surface area contributed by atoms with Crippen LogP contribution in [0.3, 0.4) is 0 Å². The monoisotopic (exact) mass is 351 g/mol. The van der Waals surface area contributed by atoms with E-state index in [4.69, 9.17) is 4.74 Å². The molecule has 2 aromatic rings. The van der Waals surface area contributed by atoms with E-state index in [9.17, 15) is 4.39 Å². The van der Waals surface area contributed by atoms with Crippen LogP contribution in [0.25, 0.3) is 0 Å². The number of likely N-dealkylation sites (N-methyl/N-ethyl adjacent to an activating group) is 1. The van der Waals surface area contributed by atoms with Crippen molar-refractivity contribution in [2.75, 3.05) is 14.2 Å². The molecule has 0 saturated carbocycles. The summed E-state index contributed by atoms with van der Waals surface area (Å²) in [4.78, 5) is 0. The van der Waals surface area contributed by atoms with Crippen molar-refractivity contribution >= 4 is 15.9 Å². The zero-order valence-corrected chi connectivity index (χ0v) is 13.8. The molecule has 1 N–H and O–H groups in total. The summed E-state index contributed by atoms with van der Waals surface area (Å²) in [5, 5.41) is 3.30. The maximum absolute atomic E-state index is 13.5. The number of benzene rings is 2. The maximum atomic E-state index is 13.5. The predicted octanol–water partition coefficient (Wildman–Crippen LogP) is 3.97. The van der Waals surface area contributed by atoms with Crippen LogP contribution in [0.4, 0.5) is 4.39 Å². The second kappa shape index (κ2) is 7.57. The molecule has 2 aromatic carbocycles. The maximum Gasteiger partial charge on any atom is 0.124 e. The third-order valence-corrected chi connectivity index (χ3v) is 3.93. The average Bonchev–Trinajstić information content (AvgIpc) is 2.46. The van der Waals surface area contributed by atoms with Gasteiger partial charge >= 0.3 is 0 Å². The van der Waals surface area contributed by atoms with E-state index in [0.29, 0.717) is 0 Å². The van der Waals surface area contributed by atoms with Crippen molar-refractivity contribution in [3.05, 3.63) is 63.9 Å². The Balaban J connectivity index is 2.13. The third-order valence-electron chi connectivity index (χ3n) is 3.47. The molecule has 0 aromatic heterocycles. The smallest absolute Gasteiger partial charge is 0.124 e. The molecule has 0 bridgehead atoms. The highest BCUT2D eigenvalue weighted by molar-refractivity contribution is 9.10. The number of hydrogen-bond acceptors (Lipinski definition) is 2. The fourth-order valence-corrected chi connectivity index (χ4v) is 2.94. The molecule has 0 aliphatic heterocycles. The SMILES string of the molecule is CNC(Cc1cc(F)cc(Br)c1)Cc1ccccc1OC. The minimum absolute atomic E-state index is 0.216. The lowest BCUT2D eigenvalue weighted by molar-refractivity contribution is 0.406. The molecule has 1 unspecified atom stereocenters. The van der Waals surface area contributed by atoms with Gasteiger partial charge in [-0.1, -0.05) is 34.1 Å². The van der Waals surface area contributed by atoms with Gasteiger partial charge in [0.25, 0.3) is 0 Å². The Bertz CT molecular complexity index is 583. The van der Waals surface area contributed by atoms with E-state index in [1.165, 1.54) is 6.07 Å². The summed E-state index contributed by atoms with van der Waals surface area (Å²) >= 11 is 3.33. The fourth-order valence-electron chi connectivity index (χ4n) is 2.43. The Morgan fingerprint density at radius 1 is 1.19 bits per heavy atom. The highest BCUT2D eigenvalue weighted by atomic mass is 79.9. The number of para-hydroxylation sites is 1. The van der Waals surface area contributed by atoms with E-state index in [0.717, 1.165) is 34.2 Å². The van der Waals surface area contributed by atoms with Gasteiger partial charge in [-0.25, -0.2) is 4.39 Å². The molecule has 1 atom stereocenters. The molecule has 2 nitrogen and oxygen atoms in total. The van der Waals surface area contributed by atoms with Crippen molar-refractivity contribution in [2.24, 2.45) is 0 Å². The van der Waals surface area contributed by atoms with Crippen molar-refractivity contribution in [3.8, 4) is 5.75 Å². The molecule has 0 radical (unpaired) electrons. The van der Waals surface area contributed by atoms with Crippen LogP contribution < -0.4 is 10.1 Å². The van der Waals surface area contributed by atoms with Crippen molar-refractivity contribution in [3.63, 3.8) is 0 Å². The molecule has 0 aliphatic carbocycles. The number of methoxy groups -OCH3 is 1. The van der Waals surface area contributed by atoms with E-state index in [-0.39, 0.29) is 11.9 Å². The average molecular weight is 352 g/mol. The molecule has 0 heterocycles. The van der Waals surface area contributed by atoms with E-state index in [2.05, 4.69) is 27.3 Å². The van der Waals surface area contributed by atoms with E-state index < -0.39 is 0 Å². The van der Waals surface area contributed by atoms with Crippen molar-refractivity contribution in [1.82, 2.24) is 5.32 Å². The van der Waals surface area contributed by atoms with Crippen LogP contribution in [0.5, 0.6) is 5.75 Å². The second-order valence-electron chi connectivity index (χ2n) is 4.98. The van der Waals surface area contributed by atoms with Crippen molar-refractivity contribution in [1.29, 1.82) is 0 Å². The van der Waals surface area contributed by atoms with Crippen LogP contribution in [-0.2, 0) is 12.8 Å². The van der Waals surface area contributed by atoms with Gasteiger partial charge in [0.15, 0.2) is 0 Å². The summed E-state index contributed by atoms with van der Waals surface area (Å²) < 4.78 is 19.6. The largest absolute Gasteiger partial charge is 0.496 e. The number of ether oxygens (including phenoxy) is 1. The topological polar surface area (TPSA) is 21.3 Å². The number of hydrogen-bond donors (Lipinski definition) is 1. The van der Waals surface area contributed by atoms with E-state index >= 15 is 0 Å². The number of rotatable bonds is 6. The van der Waals surface area contributed by atoms with Crippen LogP contribution in [-0.4, -0.2) is 20.2 Å². The Labute approximate surface area is 133 Å². The highest BCUT2D eigenvalue weighted by Gasteiger charge is 2.12. The molecular weight excluding hydrogens is 333 g/mol. The van der Waals surface area contributed by atoms with Crippen molar-refractivity contribution in [2.45, 2.75) is 18.9 Å². The minimum Gasteiger partial charge on any atom is -0.496 e. The second-order valence-corrected chi connectivity index (χ2v) is 5.90. The summed E-state index contributed by atoms with van der Waals surface area (Å²) in [6.07, 6.45) is 1.58. The standard InChI is InChI=1S/C17H19BrFNO/c1-20-16(9-12-7-14(18)11-15(19)8-12)10-13-5-3-4-6-17(13)21-2/h3-8,11,16,20H,9-10H2,1-2H3. The zero-order chi connectivity index (χ0) is 15.2. The molecule has 0 spiro atoms. The molecular formula is C17H19BrFNO. The van der Waals surface area contributed by atoms with Crippen LogP contribution in [0.15, 0.2) is 46.9 Å². The highest BCUT2D eigenvalue weighted by Crippen LogP contribution is 2.21. The van der Waals surface area contributed by atoms with E-state index in [1.807, 2.05) is 31.3 Å². The Morgan fingerprint density at radius 2 is 1.95 bits per heavy atom. The van der Waals surface area contributed by atoms with Gasteiger partial charge in [-0.05, 0) is 55.3 Å². The molecule has 4 heteroatoms. The van der Waals surface area contributed by atoms with Gasteiger partial charge in [0, 0.05) is 10.5 Å². The first-order valence-corrected chi connectivity index (χ1v) is 7.66. The Hall–Kier alpha value is -1.39. The van der Waals surface area contributed by atoms with Crippen LogP contribution in [0, 0.1) is 5.82 Å². The normalized spacial score (nSPS) is 12.2. The lowest BCUT2D eigenvalue weighted by Gasteiger charge is -2.18. The van der Waals surface area contributed by atoms with Crippen LogP contribution in [0.1, 0.15) is 11.1 Å². The van der Waals surface area contributed by atoms with Gasteiger partial charge in [0.1, 0.15) is 11.6 Å². The summed E-state index contributed by atoms with van der Waals surface area (Å²) in [5.41, 5.74) is 2.12. The van der Waals surface area contributed by atoms with Gasteiger partial charge in [-0.2, -0.15) is 0 Å². The van der Waals surface area contributed by atoms with Gasteiger partial charge < -0.3 is 10.1 Å². The first-order chi connectivity index (χ1) is 10.1. The minimum atomic E-state index is -0.216. The summed E-state index contributed by atoms with van der Waals surface area (Å²) in [5.74, 6) is 0.671. The first-order valence-electron chi connectivity index (χ1n) is 6.86. The van der Waals surface area contributed by atoms with Crippen LogP contribution in [0.2, 0.25) is 0 Å². The molecule has 0 amide bonds. The summed E-state index contributed by atoms with van der Waals surface area (Å²) in [6, 6.07) is 13.2. The van der Waals surface area contributed by atoms with Crippen LogP contribution >= 0.6 is 15.9 Å². The molecule has 0 aliphatic rings. The van der Waals surface area contributed by atoms with Gasteiger partial charge in [0.05, 0.1) is 7.11 Å². The molecule has 112 valence electrons. The molecule has 0 saturated heterocycles. The lowest BCUT2D eigenvalue weighted by atomic mass is 9.98. The van der Waals surface area contributed by atoms with E-state index in [1.54, 1.807) is 13.2 Å². The van der Waals surface area contributed by atoms with Gasteiger partial charge in [0.2, 0.25) is 0 Å². The zero-order valence-electron chi connectivity index (χ0n) is 12.2. The summed E-state index contributed by atoms with van der Waals surface area (Å²) in [7, 11) is 3.60. The molecule has 0 fully saturated rings. The predicted molar refractivity (Wildman–Crippen MR) is 87.3 cm³/mol. The lowest BCUT2D eigenvalue weighted by Crippen LogP contribution is -2.30. The Morgan fingerprint density at radius 3 is 2.62 bits per heavy atom. The molecule has 21 heavy (non-hydrogen) atoms. The Kier molecular flexibility index (Phi) is 5.76. The summed E-state index contributed by atoms with van der Waals surface area (Å²) in [6.45, 7) is 0. The third kappa shape index (κ3) is 4.55. The quantitative estimate of drug-likeness (QED) is 0.850. The van der Waals surface area contributed by atoms with Gasteiger partial charge in [-0.15, -0.1) is 0 Å². The number of nitrogens with one attached hydrogen (secondary N) is 1. The fraction of sp³-hybridized carbons (Fsp3) is 0.294. The molecule has 2 rings (SSSR count).